The van der Waals surface area contributed by atoms with E-state index >= 15 is 0 Å². The van der Waals surface area contributed by atoms with Crippen LogP contribution < -0.4 is 11.1 Å². The van der Waals surface area contributed by atoms with E-state index in [1.807, 2.05) is 20.8 Å². The van der Waals surface area contributed by atoms with Crippen LogP contribution in [0.2, 0.25) is 0 Å². The van der Waals surface area contributed by atoms with Crippen molar-refractivity contribution in [3.05, 3.63) is 12.3 Å². The average Bonchev–Trinajstić information content (AvgIpc) is 2.11. The maximum absolute atomic E-state index is 11.4. The SMILES string of the molecule is C=C(N)[C@H](CC)NC(=O)C(C)CC. The zero-order valence-electron chi connectivity index (χ0n) is 8.76. The van der Waals surface area contributed by atoms with E-state index < -0.39 is 0 Å². The van der Waals surface area contributed by atoms with Crippen molar-refractivity contribution in [3.8, 4) is 0 Å². The Hall–Kier alpha value is -0.990. The fourth-order valence-electron chi connectivity index (χ4n) is 0.956. The Morgan fingerprint density at radius 3 is 2.31 bits per heavy atom. The fourth-order valence-corrected chi connectivity index (χ4v) is 0.956. The second-order valence-electron chi connectivity index (χ2n) is 3.35. The van der Waals surface area contributed by atoms with E-state index in [4.69, 9.17) is 5.73 Å². The highest BCUT2D eigenvalue weighted by molar-refractivity contribution is 5.78. The van der Waals surface area contributed by atoms with Crippen molar-refractivity contribution < 1.29 is 4.79 Å². The fraction of sp³-hybridized carbons (Fsp3) is 0.700. The summed E-state index contributed by atoms with van der Waals surface area (Å²) in [7, 11) is 0. The number of carbonyl (C=O) groups is 1. The van der Waals surface area contributed by atoms with Crippen molar-refractivity contribution in [2.24, 2.45) is 11.7 Å². The summed E-state index contributed by atoms with van der Waals surface area (Å²) in [5.74, 6) is 0.106. The van der Waals surface area contributed by atoms with Crippen molar-refractivity contribution in [2.75, 3.05) is 0 Å². The first kappa shape index (κ1) is 12.0. The molecule has 0 bridgehead atoms. The van der Waals surface area contributed by atoms with Crippen molar-refractivity contribution >= 4 is 5.91 Å². The predicted molar refractivity (Wildman–Crippen MR) is 55.0 cm³/mol. The quantitative estimate of drug-likeness (QED) is 0.678. The monoisotopic (exact) mass is 184 g/mol. The van der Waals surface area contributed by atoms with E-state index in [-0.39, 0.29) is 17.9 Å². The summed E-state index contributed by atoms with van der Waals surface area (Å²) in [4.78, 5) is 11.4. The van der Waals surface area contributed by atoms with Crippen LogP contribution in [0, 0.1) is 5.92 Å². The Balaban J connectivity index is 4.09. The lowest BCUT2D eigenvalue weighted by Gasteiger charge is -2.18. The Labute approximate surface area is 80.4 Å². The van der Waals surface area contributed by atoms with Crippen LogP contribution in [0.1, 0.15) is 33.6 Å². The molecule has 2 atom stereocenters. The van der Waals surface area contributed by atoms with Crippen LogP contribution in [0.3, 0.4) is 0 Å². The summed E-state index contributed by atoms with van der Waals surface area (Å²) in [6, 6.07) is -0.0819. The summed E-state index contributed by atoms with van der Waals surface area (Å²) in [6.07, 6.45) is 1.64. The summed E-state index contributed by atoms with van der Waals surface area (Å²) < 4.78 is 0. The van der Waals surface area contributed by atoms with Crippen LogP contribution in [-0.2, 0) is 4.79 Å². The molecule has 0 aromatic carbocycles. The number of hydrogen-bond acceptors (Lipinski definition) is 2. The number of rotatable bonds is 5. The lowest BCUT2D eigenvalue weighted by molar-refractivity contribution is -0.125. The number of amides is 1. The first-order valence-corrected chi connectivity index (χ1v) is 4.77. The largest absolute Gasteiger partial charge is 0.401 e. The van der Waals surface area contributed by atoms with E-state index in [0.29, 0.717) is 5.70 Å². The van der Waals surface area contributed by atoms with Crippen LogP contribution in [0.25, 0.3) is 0 Å². The maximum Gasteiger partial charge on any atom is 0.223 e. The van der Waals surface area contributed by atoms with Crippen LogP contribution in [0.4, 0.5) is 0 Å². The van der Waals surface area contributed by atoms with Gasteiger partial charge in [-0.1, -0.05) is 27.4 Å². The van der Waals surface area contributed by atoms with Crippen LogP contribution in [0.5, 0.6) is 0 Å². The molecule has 3 N–H and O–H groups in total. The van der Waals surface area contributed by atoms with Gasteiger partial charge in [-0.15, -0.1) is 0 Å². The van der Waals surface area contributed by atoms with Gasteiger partial charge < -0.3 is 11.1 Å². The zero-order chi connectivity index (χ0) is 10.4. The Morgan fingerprint density at radius 1 is 1.46 bits per heavy atom. The molecule has 13 heavy (non-hydrogen) atoms. The third kappa shape index (κ3) is 3.97. The standard InChI is InChI=1S/C10H20N2O/c1-5-7(3)10(13)12-9(6-2)8(4)11/h7,9H,4-6,11H2,1-3H3,(H,12,13)/t7?,9-/m0/s1. The van der Waals surface area contributed by atoms with E-state index in [0.717, 1.165) is 12.8 Å². The van der Waals surface area contributed by atoms with E-state index in [1.54, 1.807) is 0 Å². The zero-order valence-corrected chi connectivity index (χ0v) is 8.76. The van der Waals surface area contributed by atoms with E-state index in [2.05, 4.69) is 11.9 Å². The molecule has 0 rings (SSSR count). The van der Waals surface area contributed by atoms with Crippen molar-refractivity contribution in [3.63, 3.8) is 0 Å². The molecule has 0 aromatic rings. The first-order valence-electron chi connectivity index (χ1n) is 4.77. The van der Waals surface area contributed by atoms with Crippen LogP contribution in [-0.4, -0.2) is 11.9 Å². The van der Waals surface area contributed by atoms with Gasteiger partial charge in [-0.2, -0.15) is 0 Å². The molecule has 0 heterocycles. The molecule has 3 nitrogen and oxygen atoms in total. The highest BCUT2D eigenvalue weighted by Crippen LogP contribution is 2.03. The van der Waals surface area contributed by atoms with Crippen molar-refractivity contribution in [2.45, 2.75) is 39.7 Å². The van der Waals surface area contributed by atoms with Gasteiger partial charge in [0.2, 0.25) is 5.91 Å². The van der Waals surface area contributed by atoms with E-state index in [9.17, 15) is 4.79 Å². The molecule has 0 saturated carbocycles. The third-order valence-corrected chi connectivity index (χ3v) is 2.23. The minimum Gasteiger partial charge on any atom is -0.401 e. The molecule has 0 aliphatic heterocycles. The number of carbonyl (C=O) groups excluding carboxylic acids is 1. The minimum absolute atomic E-state index is 0.0494. The molecule has 0 saturated heterocycles. The molecule has 0 aromatic heterocycles. The topological polar surface area (TPSA) is 55.1 Å². The van der Waals surface area contributed by atoms with Gasteiger partial charge in [-0.25, -0.2) is 0 Å². The Morgan fingerprint density at radius 2 is 2.00 bits per heavy atom. The lowest BCUT2D eigenvalue weighted by atomic mass is 10.1. The van der Waals surface area contributed by atoms with Crippen LogP contribution in [0.15, 0.2) is 12.3 Å². The highest BCUT2D eigenvalue weighted by atomic mass is 16.1. The molecule has 0 aliphatic rings. The molecular formula is C10H20N2O. The van der Waals surface area contributed by atoms with E-state index in [1.165, 1.54) is 0 Å². The average molecular weight is 184 g/mol. The summed E-state index contributed by atoms with van der Waals surface area (Å²) in [5, 5.41) is 2.85. The molecule has 1 amide bonds. The van der Waals surface area contributed by atoms with Crippen molar-refractivity contribution in [1.82, 2.24) is 5.32 Å². The Kier molecular flexibility index (Phi) is 5.19. The van der Waals surface area contributed by atoms with Crippen LogP contribution >= 0.6 is 0 Å². The molecule has 76 valence electrons. The first-order chi connectivity index (χ1) is 6.02. The number of nitrogens with two attached hydrogens (primary N) is 1. The molecule has 3 heteroatoms. The molecule has 0 aliphatic carbocycles. The van der Waals surface area contributed by atoms with Gasteiger partial charge in [0.05, 0.1) is 6.04 Å². The van der Waals surface area contributed by atoms with Gasteiger partial charge in [0.25, 0.3) is 0 Å². The lowest BCUT2D eigenvalue weighted by Crippen LogP contribution is -2.40. The van der Waals surface area contributed by atoms with Gasteiger partial charge in [-0.3, -0.25) is 4.79 Å². The maximum atomic E-state index is 11.4. The van der Waals surface area contributed by atoms with Gasteiger partial charge in [0, 0.05) is 11.6 Å². The van der Waals surface area contributed by atoms with Gasteiger partial charge >= 0.3 is 0 Å². The summed E-state index contributed by atoms with van der Waals surface area (Å²) >= 11 is 0. The third-order valence-electron chi connectivity index (χ3n) is 2.23. The Bertz CT molecular complexity index is 189. The molecule has 1 unspecified atom stereocenters. The molecule has 0 radical (unpaired) electrons. The summed E-state index contributed by atoms with van der Waals surface area (Å²) in [6.45, 7) is 9.49. The summed E-state index contributed by atoms with van der Waals surface area (Å²) in [5.41, 5.74) is 6.05. The van der Waals surface area contributed by atoms with Crippen molar-refractivity contribution in [1.29, 1.82) is 0 Å². The van der Waals surface area contributed by atoms with Gasteiger partial charge in [0.1, 0.15) is 0 Å². The second kappa shape index (κ2) is 5.62. The normalized spacial score (nSPS) is 14.7. The predicted octanol–water partition coefficient (Wildman–Crippen LogP) is 1.40. The van der Waals surface area contributed by atoms with Gasteiger partial charge in [0.15, 0.2) is 0 Å². The number of hydrogen-bond donors (Lipinski definition) is 2. The number of nitrogens with one attached hydrogen (secondary N) is 1. The minimum atomic E-state index is -0.0819. The smallest absolute Gasteiger partial charge is 0.223 e. The second-order valence-corrected chi connectivity index (χ2v) is 3.35. The highest BCUT2D eigenvalue weighted by Gasteiger charge is 2.15. The molecular weight excluding hydrogens is 164 g/mol. The van der Waals surface area contributed by atoms with Gasteiger partial charge in [-0.05, 0) is 12.8 Å². The molecule has 0 fully saturated rings. The molecule has 0 spiro atoms.